The van der Waals surface area contributed by atoms with Crippen LogP contribution < -0.4 is 0 Å². The second kappa shape index (κ2) is 3.96. The van der Waals surface area contributed by atoms with E-state index < -0.39 is 5.78 Å². The van der Waals surface area contributed by atoms with Gasteiger partial charge in [-0.2, -0.15) is 0 Å². The van der Waals surface area contributed by atoms with Crippen molar-refractivity contribution in [2.24, 2.45) is 0 Å². The van der Waals surface area contributed by atoms with Crippen LogP contribution in [0.15, 0.2) is 21.6 Å². The summed E-state index contributed by atoms with van der Waals surface area (Å²) in [6.45, 7) is 1.53. The topological polar surface area (TPSA) is 52.6 Å². The summed E-state index contributed by atoms with van der Waals surface area (Å²) in [5, 5.41) is 0. The number of Topliss-reactive ketones (excluding diaryl/α,β-unsaturated/α-hetero) is 2. The molecule has 14 heavy (non-hydrogen) atoms. The van der Waals surface area contributed by atoms with Gasteiger partial charge in [0.2, 0.25) is 5.78 Å². The largest absolute Gasteiger partial charge is 0.492 e. The zero-order chi connectivity index (χ0) is 10.9. The molecular weight excluding hydrogens is 252 g/mol. The molecule has 4 nitrogen and oxygen atoms in total. The van der Waals surface area contributed by atoms with Crippen LogP contribution in [0.4, 0.5) is 0 Å². The van der Waals surface area contributed by atoms with Crippen LogP contribution in [0.5, 0.6) is 0 Å². The third-order valence-corrected chi connectivity index (χ3v) is 2.62. The molecule has 1 aliphatic rings. The molecule has 0 N–H and O–H groups in total. The van der Waals surface area contributed by atoms with Gasteiger partial charge in [-0.05, 0) is 22.9 Å². The number of hydrogen-bond acceptors (Lipinski definition) is 4. The second-order valence-corrected chi connectivity index (χ2v) is 3.46. The van der Waals surface area contributed by atoms with Crippen LogP contribution in [-0.4, -0.2) is 25.8 Å². The molecule has 0 unspecified atom stereocenters. The van der Waals surface area contributed by atoms with Crippen molar-refractivity contribution in [3.05, 3.63) is 21.6 Å². The lowest BCUT2D eigenvalue weighted by Gasteiger charge is -2.16. The molecule has 0 saturated heterocycles. The molecule has 76 valence electrons. The summed E-state index contributed by atoms with van der Waals surface area (Å²) in [5.41, 5.74) is 0.283. The Bertz CT molecular complexity index is 333. The minimum Gasteiger partial charge on any atom is -0.492 e. The lowest BCUT2D eigenvalue weighted by Crippen LogP contribution is -2.22. The molecule has 0 aromatic carbocycles. The van der Waals surface area contributed by atoms with Crippen LogP contribution in [0, 0.1) is 0 Å². The van der Waals surface area contributed by atoms with Gasteiger partial charge in [-0.15, -0.1) is 0 Å². The minimum atomic E-state index is -0.418. The van der Waals surface area contributed by atoms with Gasteiger partial charge in [0.15, 0.2) is 11.5 Å². The lowest BCUT2D eigenvalue weighted by molar-refractivity contribution is -0.121. The SMILES string of the molecule is COC1=C(C)C(=O)C(Br)=C(OC)C1=O. The summed E-state index contributed by atoms with van der Waals surface area (Å²) in [7, 11) is 2.67. The van der Waals surface area contributed by atoms with E-state index in [1.165, 1.54) is 21.1 Å². The average molecular weight is 261 g/mol. The van der Waals surface area contributed by atoms with Crippen molar-refractivity contribution in [2.75, 3.05) is 14.2 Å². The zero-order valence-corrected chi connectivity index (χ0v) is 9.60. The molecule has 0 heterocycles. The fraction of sp³-hybridized carbons (Fsp3) is 0.333. The van der Waals surface area contributed by atoms with Crippen molar-refractivity contribution >= 4 is 27.5 Å². The molecule has 0 saturated carbocycles. The van der Waals surface area contributed by atoms with Crippen LogP contribution in [-0.2, 0) is 19.1 Å². The predicted octanol–water partition coefficient (Wildman–Crippen LogP) is 1.31. The molecule has 5 heteroatoms. The maximum Gasteiger partial charge on any atom is 0.263 e. The third kappa shape index (κ3) is 1.48. The van der Waals surface area contributed by atoms with Crippen molar-refractivity contribution < 1.29 is 19.1 Å². The van der Waals surface area contributed by atoms with Gasteiger partial charge in [-0.1, -0.05) is 0 Å². The zero-order valence-electron chi connectivity index (χ0n) is 8.01. The van der Waals surface area contributed by atoms with Crippen molar-refractivity contribution in [1.82, 2.24) is 0 Å². The minimum absolute atomic E-state index is 0.0162. The summed E-state index contributed by atoms with van der Waals surface area (Å²) in [6.07, 6.45) is 0. The van der Waals surface area contributed by atoms with Crippen molar-refractivity contribution in [3.63, 3.8) is 0 Å². The number of rotatable bonds is 2. The first-order valence-electron chi connectivity index (χ1n) is 3.82. The molecule has 0 aliphatic heterocycles. The van der Waals surface area contributed by atoms with Gasteiger partial charge in [-0.3, -0.25) is 9.59 Å². The summed E-state index contributed by atoms with van der Waals surface area (Å²) < 4.78 is 9.80. The number of methoxy groups -OCH3 is 2. The fourth-order valence-corrected chi connectivity index (χ4v) is 1.81. The normalized spacial score (nSPS) is 17.7. The Kier molecular flexibility index (Phi) is 3.10. The summed E-state index contributed by atoms with van der Waals surface area (Å²) in [4.78, 5) is 23.1. The highest BCUT2D eigenvalue weighted by atomic mass is 79.9. The standard InChI is InChI=1S/C9H9BrO4/c1-4-6(11)5(10)9(14-3)7(12)8(4)13-2/h1-3H3. The number of carbonyl (C=O) groups excluding carboxylic acids is 2. The molecule has 0 aromatic rings. The maximum absolute atomic E-state index is 11.6. The van der Waals surface area contributed by atoms with Gasteiger partial charge >= 0.3 is 0 Å². The van der Waals surface area contributed by atoms with Crippen LogP contribution in [0.2, 0.25) is 0 Å². The van der Waals surface area contributed by atoms with E-state index in [0.717, 1.165) is 0 Å². The Morgan fingerprint density at radius 2 is 1.50 bits per heavy atom. The van der Waals surface area contributed by atoms with Crippen LogP contribution in [0.1, 0.15) is 6.92 Å². The highest BCUT2D eigenvalue weighted by Gasteiger charge is 2.33. The fourth-order valence-electron chi connectivity index (χ4n) is 1.17. The van der Waals surface area contributed by atoms with Crippen molar-refractivity contribution in [3.8, 4) is 0 Å². The number of allylic oxidation sites excluding steroid dienone is 2. The molecule has 0 bridgehead atoms. The van der Waals surface area contributed by atoms with Crippen molar-refractivity contribution in [2.45, 2.75) is 6.92 Å². The third-order valence-electron chi connectivity index (χ3n) is 1.90. The van der Waals surface area contributed by atoms with Crippen molar-refractivity contribution in [1.29, 1.82) is 0 Å². The van der Waals surface area contributed by atoms with E-state index in [9.17, 15) is 9.59 Å². The number of ketones is 2. The van der Waals surface area contributed by atoms with E-state index in [1.54, 1.807) is 0 Å². The molecule has 0 aromatic heterocycles. The van der Waals surface area contributed by atoms with E-state index >= 15 is 0 Å². The first-order chi connectivity index (χ1) is 6.54. The number of ether oxygens (including phenoxy) is 2. The number of halogens is 1. The van der Waals surface area contributed by atoms with Crippen LogP contribution in [0.3, 0.4) is 0 Å². The summed E-state index contributed by atoms with van der Waals surface area (Å²) in [5.74, 6) is -0.690. The molecule has 0 fully saturated rings. The van der Waals surface area contributed by atoms with E-state index in [0.29, 0.717) is 0 Å². The van der Waals surface area contributed by atoms with Gasteiger partial charge in [0.05, 0.1) is 14.2 Å². The Morgan fingerprint density at radius 1 is 1.00 bits per heavy atom. The summed E-state index contributed by atoms with van der Waals surface area (Å²) >= 11 is 3.01. The Morgan fingerprint density at radius 3 is 1.93 bits per heavy atom. The first kappa shape index (κ1) is 11.0. The molecule has 0 spiro atoms. The second-order valence-electron chi connectivity index (χ2n) is 2.66. The molecule has 0 amide bonds. The predicted molar refractivity (Wildman–Crippen MR) is 52.7 cm³/mol. The Balaban J connectivity index is 3.29. The van der Waals surface area contributed by atoms with Gasteiger partial charge in [-0.25, -0.2) is 0 Å². The highest BCUT2D eigenvalue weighted by Crippen LogP contribution is 2.28. The van der Waals surface area contributed by atoms with E-state index in [1.807, 2.05) is 0 Å². The van der Waals surface area contributed by atoms with E-state index in [2.05, 4.69) is 15.9 Å². The van der Waals surface area contributed by atoms with Crippen LogP contribution in [0.25, 0.3) is 0 Å². The molecule has 0 radical (unpaired) electrons. The van der Waals surface area contributed by atoms with Gasteiger partial charge in [0.25, 0.3) is 5.78 Å². The highest BCUT2D eigenvalue weighted by molar-refractivity contribution is 9.12. The molecule has 0 atom stereocenters. The number of hydrogen-bond donors (Lipinski definition) is 0. The van der Waals surface area contributed by atoms with Crippen LogP contribution >= 0.6 is 15.9 Å². The van der Waals surface area contributed by atoms with Gasteiger partial charge in [0, 0.05) is 5.57 Å². The maximum atomic E-state index is 11.6. The first-order valence-corrected chi connectivity index (χ1v) is 4.61. The lowest BCUT2D eigenvalue weighted by atomic mass is 10.0. The Hall–Kier alpha value is -1.10. The molecular formula is C9H9BrO4. The quantitative estimate of drug-likeness (QED) is 0.703. The summed E-state index contributed by atoms with van der Waals surface area (Å²) in [6, 6.07) is 0. The van der Waals surface area contributed by atoms with E-state index in [-0.39, 0.29) is 27.4 Å². The Labute approximate surface area is 89.7 Å². The van der Waals surface area contributed by atoms with E-state index in [4.69, 9.17) is 9.47 Å². The van der Waals surface area contributed by atoms with Gasteiger partial charge in [0.1, 0.15) is 4.48 Å². The monoisotopic (exact) mass is 260 g/mol. The molecule has 1 aliphatic carbocycles. The average Bonchev–Trinajstić information content (AvgIpc) is 2.16. The molecule has 1 rings (SSSR count). The van der Waals surface area contributed by atoms with Gasteiger partial charge < -0.3 is 9.47 Å². The number of carbonyl (C=O) groups is 2. The smallest absolute Gasteiger partial charge is 0.263 e.